The summed E-state index contributed by atoms with van der Waals surface area (Å²) < 4.78 is 0. The molecule has 0 aromatic rings. The van der Waals surface area contributed by atoms with Crippen molar-refractivity contribution in [2.24, 2.45) is 40.4 Å². The summed E-state index contributed by atoms with van der Waals surface area (Å²) in [6, 6.07) is 6.69. The molecule has 4 unspecified atom stereocenters. The smallest absolute Gasteiger partial charge is 0.0486 e. The summed E-state index contributed by atoms with van der Waals surface area (Å²) in [6.45, 7) is 74.0. The minimum atomic E-state index is 0.314. The van der Waals surface area contributed by atoms with E-state index in [9.17, 15) is 0 Å². The summed E-state index contributed by atoms with van der Waals surface area (Å²) in [6.07, 6.45) is 8.95. The molecular weight excluding hydrogens is 819 g/mol. The van der Waals surface area contributed by atoms with Crippen molar-refractivity contribution in [2.45, 2.75) is 306 Å². The molecule has 4 atom stereocenters. The molecular formula is C60H133N7. The highest BCUT2D eigenvalue weighted by atomic mass is 15.3. The Morgan fingerprint density at radius 1 is 0.418 bits per heavy atom. The van der Waals surface area contributed by atoms with Gasteiger partial charge < -0.3 is 10.6 Å². The highest BCUT2D eigenvalue weighted by Crippen LogP contribution is 2.57. The van der Waals surface area contributed by atoms with Gasteiger partial charge in [0.25, 0.3) is 0 Å². The molecule has 0 aromatic heterocycles. The molecule has 2 spiro atoms. The van der Waals surface area contributed by atoms with Crippen LogP contribution >= 0.6 is 0 Å². The fraction of sp³-hybridized carbons (Fsp3) is 1.00. The second kappa shape index (κ2) is 35.0. The predicted octanol–water partition coefficient (Wildman–Crippen LogP) is 15.2. The Morgan fingerprint density at radius 2 is 0.672 bits per heavy atom. The number of rotatable bonds is 11. The van der Waals surface area contributed by atoms with Crippen LogP contribution in [0, 0.1) is 40.4 Å². The van der Waals surface area contributed by atoms with E-state index >= 15 is 0 Å². The Hall–Kier alpha value is -0.280. The average molecular weight is 953 g/mol. The van der Waals surface area contributed by atoms with E-state index in [1.54, 1.807) is 0 Å². The lowest BCUT2D eigenvalue weighted by atomic mass is 9.88. The third-order valence-electron chi connectivity index (χ3n) is 16.1. The molecule has 6 fully saturated rings. The molecule has 6 aliphatic rings. The van der Waals surface area contributed by atoms with Crippen LogP contribution in [0.3, 0.4) is 0 Å². The standard InChI is InChI=1S/2C12H23N.C10H23N.2C9H20N2.4C2H6/c2*1-9(2)11-7-12(5-6-12)8-13(11)10(3)4;1-8(2)10(5,6)11(7)9(3)4;2*1-7(2)9-5-10-6-11(9)8(3)4;4*1-2/h2*9-11H,5-8H2,1-4H3;8-9H,1-7H3;2*7-10H,5-6H2,1-4H3;4*1-2H3. The van der Waals surface area contributed by atoms with Gasteiger partial charge in [-0.25, -0.2) is 0 Å². The number of nitrogens with zero attached hydrogens (tertiary/aromatic N) is 5. The lowest BCUT2D eigenvalue weighted by molar-refractivity contribution is 0.0756. The van der Waals surface area contributed by atoms with Gasteiger partial charge in [-0.2, -0.15) is 0 Å². The van der Waals surface area contributed by atoms with Crippen LogP contribution in [0.4, 0.5) is 0 Å². The maximum atomic E-state index is 3.41. The zero-order valence-electron chi connectivity index (χ0n) is 52.3. The summed E-state index contributed by atoms with van der Waals surface area (Å²) >= 11 is 0. The third kappa shape index (κ3) is 23.9. The molecule has 0 amide bonds. The fourth-order valence-electron chi connectivity index (χ4n) is 10.3. The number of nitrogens with one attached hydrogen (secondary N) is 2. The zero-order chi connectivity index (χ0) is 53.4. The van der Waals surface area contributed by atoms with E-state index in [0.29, 0.717) is 29.6 Å². The molecule has 0 aromatic carbocycles. The van der Waals surface area contributed by atoms with Crippen molar-refractivity contribution < 1.29 is 0 Å². The van der Waals surface area contributed by atoms with Crippen LogP contribution in [-0.4, -0.2) is 131 Å². The molecule has 2 aliphatic carbocycles. The van der Waals surface area contributed by atoms with Gasteiger partial charge in [-0.3, -0.25) is 24.5 Å². The highest BCUT2D eigenvalue weighted by Gasteiger charge is 2.53. The van der Waals surface area contributed by atoms with Gasteiger partial charge in [-0.1, -0.05) is 125 Å². The first kappa shape index (κ1) is 71.0. The minimum Gasteiger partial charge on any atom is -0.303 e. The van der Waals surface area contributed by atoms with Crippen LogP contribution in [0.25, 0.3) is 0 Å². The van der Waals surface area contributed by atoms with Crippen LogP contribution in [0.5, 0.6) is 0 Å². The molecule has 7 nitrogen and oxygen atoms in total. The van der Waals surface area contributed by atoms with E-state index in [1.807, 2.05) is 55.4 Å². The number of hydrogen-bond acceptors (Lipinski definition) is 7. The third-order valence-corrected chi connectivity index (χ3v) is 16.1. The van der Waals surface area contributed by atoms with Crippen LogP contribution in [0.15, 0.2) is 0 Å². The lowest BCUT2D eigenvalue weighted by Gasteiger charge is -2.41. The quantitative estimate of drug-likeness (QED) is 0.214. The molecule has 67 heavy (non-hydrogen) atoms. The predicted molar refractivity (Wildman–Crippen MR) is 308 cm³/mol. The molecule has 408 valence electrons. The summed E-state index contributed by atoms with van der Waals surface area (Å²) in [5.41, 5.74) is 1.87. The van der Waals surface area contributed by atoms with Crippen LogP contribution in [0.2, 0.25) is 0 Å². The first-order valence-electron chi connectivity index (χ1n) is 29.3. The minimum absolute atomic E-state index is 0.314. The topological polar surface area (TPSA) is 40.3 Å². The maximum absolute atomic E-state index is 3.41. The number of likely N-dealkylation sites (tertiary alicyclic amines) is 2. The fourth-order valence-corrected chi connectivity index (χ4v) is 10.3. The van der Waals surface area contributed by atoms with Gasteiger partial charge in [0.1, 0.15) is 0 Å². The summed E-state index contributed by atoms with van der Waals surface area (Å²) in [5, 5.41) is 6.82. The van der Waals surface area contributed by atoms with Crippen LogP contribution in [0.1, 0.15) is 246 Å². The SMILES string of the molecule is CC.CC.CC.CC.CC(C)C1CC2(CC2)CN1C(C)C.CC(C)C1CC2(CC2)CN1C(C)C.CC(C)C1CNCN1C(C)C.CC(C)C1CNCN1C(C)C.CC(C)N(C)C(C)(C)C(C)C. The van der Waals surface area contributed by atoms with Crippen molar-refractivity contribution in [3.63, 3.8) is 0 Å². The Labute approximate surface area is 426 Å². The van der Waals surface area contributed by atoms with Crippen molar-refractivity contribution in [3.05, 3.63) is 0 Å². The average Bonchev–Trinajstić information content (AvgIpc) is 3.82. The van der Waals surface area contributed by atoms with Crippen molar-refractivity contribution >= 4 is 0 Å². The summed E-state index contributed by atoms with van der Waals surface area (Å²) in [4.78, 5) is 13.0. The zero-order valence-corrected chi connectivity index (χ0v) is 52.3. The van der Waals surface area contributed by atoms with Crippen LogP contribution < -0.4 is 10.6 Å². The molecule has 0 radical (unpaired) electrons. The van der Waals surface area contributed by atoms with Gasteiger partial charge >= 0.3 is 0 Å². The van der Waals surface area contributed by atoms with E-state index in [-0.39, 0.29) is 0 Å². The number of hydrogen-bond donors (Lipinski definition) is 2. The molecule has 2 saturated carbocycles. The van der Waals surface area contributed by atoms with Gasteiger partial charge in [0.2, 0.25) is 0 Å². The van der Waals surface area contributed by atoms with Gasteiger partial charge in [-0.15, -0.1) is 0 Å². The van der Waals surface area contributed by atoms with Crippen molar-refractivity contribution in [1.29, 1.82) is 0 Å². The Kier molecular flexibility index (Phi) is 37.0. The van der Waals surface area contributed by atoms with Gasteiger partial charge in [0.05, 0.1) is 0 Å². The lowest BCUT2D eigenvalue weighted by Crippen LogP contribution is -2.48. The molecule has 4 aliphatic heterocycles. The second-order valence-corrected chi connectivity index (χ2v) is 24.1. The largest absolute Gasteiger partial charge is 0.303 e. The van der Waals surface area contributed by atoms with E-state index in [2.05, 4.69) is 195 Å². The molecule has 6 rings (SSSR count). The summed E-state index contributed by atoms with van der Waals surface area (Å²) in [7, 11) is 2.20. The molecule has 4 heterocycles. The Morgan fingerprint density at radius 3 is 0.806 bits per heavy atom. The van der Waals surface area contributed by atoms with Gasteiger partial charge in [0, 0.05) is 99.4 Å². The molecule has 4 saturated heterocycles. The van der Waals surface area contributed by atoms with E-state index in [0.717, 1.165) is 97.2 Å². The van der Waals surface area contributed by atoms with E-state index in [4.69, 9.17) is 0 Å². The van der Waals surface area contributed by atoms with E-state index in [1.165, 1.54) is 51.6 Å². The Balaban J connectivity index is -0.000000737. The van der Waals surface area contributed by atoms with Gasteiger partial charge in [-0.05, 0) is 169 Å². The van der Waals surface area contributed by atoms with Crippen molar-refractivity contribution in [1.82, 2.24) is 35.1 Å². The molecule has 7 heteroatoms. The van der Waals surface area contributed by atoms with Crippen LogP contribution in [-0.2, 0) is 0 Å². The first-order chi connectivity index (χ1) is 31.1. The molecule has 2 N–H and O–H groups in total. The molecule has 0 bridgehead atoms. The van der Waals surface area contributed by atoms with Crippen molar-refractivity contribution in [2.75, 3.05) is 46.6 Å². The highest BCUT2D eigenvalue weighted by molar-refractivity contribution is 5.07. The van der Waals surface area contributed by atoms with E-state index < -0.39 is 0 Å². The summed E-state index contributed by atoms with van der Waals surface area (Å²) in [5.74, 6) is 3.92. The second-order valence-electron chi connectivity index (χ2n) is 24.1. The van der Waals surface area contributed by atoms with Crippen molar-refractivity contribution in [3.8, 4) is 0 Å². The Bertz CT molecular complexity index is 1000. The monoisotopic (exact) mass is 952 g/mol. The maximum Gasteiger partial charge on any atom is 0.0486 e. The van der Waals surface area contributed by atoms with Gasteiger partial charge in [0.15, 0.2) is 0 Å². The first-order valence-corrected chi connectivity index (χ1v) is 29.3. The normalized spacial score (nSPS) is 24.1.